The van der Waals surface area contributed by atoms with Gasteiger partial charge >= 0.3 is 0 Å². The first-order valence-electron chi connectivity index (χ1n) is 3.02. The van der Waals surface area contributed by atoms with E-state index in [1.54, 1.807) is 0 Å². The zero-order chi connectivity index (χ0) is 6.69. The minimum atomic E-state index is 1.19. The summed E-state index contributed by atoms with van der Waals surface area (Å²) in [6.45, 7) is 3.67. The van der Waals surface area contributed by atoms with Crippen LogP contribution in [-0.2, 0) is 0 Å². The van der Waals surface area contributed by atoms with Crippen LogP contribution in [0.15, 0.2) is 30.8 Å². The first kappa shape index (κ1) is 6.15. The smallest absolute Gasteiger partial charge is 0.0985 e. The van der Waals surface area contributed by atoms with E-state index in [9.17, 15) is 0 Å². The van der Waals surface area contributed by atoms with Crippen LogP contribution < -0.4 is 5.46 Å². The Labute approximate surface area is 56.6 Å². The van der Waals surface area contributed by atoms with Crippen molar-refractivity contribution in [3.05, 3.63) is 36.4 Å². The van der Waals surface area contributed by atoms with Crippen LogP contribution in [0.3, 0.4) is 0 Å². The fourth-order valence-corrected chi connectivity index (χ4v) is 0.797. The normalized spacial score (nSPS) is 8.89. The average molecular weight is 116 g/mol. The maximum Gasteiger partial charge on any atom is 0.139 e. The summed E-state index contributed by atoms with van der Waals surface area (Å²) in [4.78, 5) is 0. The standard InChI is InChI=1S/C8H9B/c1-2-7-4-3-5-8(9)6-7/h2-6H,1,9H2. The second-order valence-corrected chi connectivity index (χ2v) is 2.12. The number of benzene rings is 1. The molecule has 0 bridgehead atoms. The molecule has 0 nitrogen and oxygen atoms in total. The van der Waals surface area contributed by atoms with E-state index in [1.807, 2.05) is 18.2 Å². The summed E-state index contributed by atoms with van der Waals surface area (Å²) in [5.74, 6) is 0. The lowest BCUT2D eigenvalue weighted by atomic mass is 9.95. The highest BCUT2D eigenvalue weighted by atomic mass is 13.9. The molecule has 0 aliphatic heterocycles. The first-order valence-corrected chi connectivity index (χ1v) is 3.02. The van der Waals surface area contributed by atoms with Gasteiger partial charge in [-0.15, -0.1) is 0 Å². The molecule has 0 saturated heterocycles. The van der Waals surface area contributed by atoms with Crippen LogP contribution in [0.5, 0.6) is 0 Å². The molecule has 0 aliphatic rings. The molecule has 1 heteroatoms. The van der Waals surface area contributed by atoms with E-state index in [0.29, 0.717) is 0 Å². The van der Waals surface area contributed by atoms with Crippen LogP contribution in [-0.4, -0.2) is 7.85 Å². The van der Waals surface area contributed by atoms with Gasteiger partial charge in [0.25, 0.3) is 0 Å². The Morgan fingerprint density at radius 3 is 2.67 bits per heavy atom. The van der Waals surface area contributed by atoms with Crippen molar-refractivity contribution in [1.29, 1.82) is 0 Å². The third-order valence-corrected chi connectivity index (χ3v) is 1.28. The number of hydrogen-bond donors (Lipinski definition) is 0. The molecular weight excluding hydrogens is 107 g/mol. The molecule has 0 fully saturated rings. The van der Waals surface area contributed by atoms with Crippen LogP contribution in [0.4, 0.5) is 0 Å². The van der Waals surface area contributed by atoms with Gasteiger partial charge in [0.2, 0.25) is 0 Å². The molecular formula is C8H9B. The summed E-state index contributed by atoms with van der Waals surface area (Å²) < 4.78 is 0. The predicted molar refractivity (Wildman–Crippen MR) is 44.7 cm³/mol. The second-order valence-electron chi connectivity index (χ2n) is 2.12. The molecule has 44 valence electrons. The van der Waals surface area contributed by atoms with Gasteiger partial charge in [-0.05, 0) is 5.56 Å². The zero-order valence-electron chi connectivity index (χ0n) is 5.59. The average Bonchev–Trinajstić information content (AvgIpc) is 1.88. The summed E-state index contributed by atoms with van der Waals surface area (Å²) >= 11 is 0. The SMILES string of the molecule is Bc1cccc(C=C)c1. The van der Waals surface area contributed by atoms with Gasteiger partial charge in [0, 0.05) is 0 Å². The highest BCUT2D eigenvalue weighted by molar-refractivity contribution is 6.32. The van der Waals surface area contributed by atoms with E-state index in [1.165, 1.54) is 11.0 Å². The van der Waals surface area contributed by atoms with Crippen molar-refractivity contribution in [2.24, 2.45) is 0 Å². The van der Waals surface area contributed by atoms with E-state index < -0.39 is 0 Å². The van der Waals surface area contributed by atoms with Crippen molar-refractivity contribution in [3.63, 3.8) is 0 Å². The van der Waals surface area contributed by atoms with Crippen LogP contribution >= 0.6 is 0 Å². The van der Waals surface area contributed by atoms with Crippen LogP contribution in [0.2, 0.25) is 0 Å². The van der Waals surface area contributed by atoms with E-state index >= 15 is 0 Å². The van der Waals surface area contributed by atoms with Crippen molar-refractivity contribution in [1.82, 2.24) is 0 Å². The molecule has 1 aromatic carbocycles. The Kier molecular flexibility index (Phi) is 1.73. The lowest BCUT2D eigenvalue weighted by Crippen LogP contribution is -1.99. The third kappa shape index (κ3) is 1.46. The van der Waals surface area contributed by atoms with Gasteiger partial charge in [-0.3, -0.25) is 0 Å². The molecule has 1 rings (SSSR count). The van der Waals surface area contributed by atoms with E-state index in [4.69, 9.17) is 0 Å². The van der Waals surface area contributed by atoms with Crippen molar-refractivity contribution in [2.75, 3.05) is 0 Å². The first-order chi connectivity index (χ1) is 4.33. The molecule has 9 heavy (non-hydrogen) atoms. The largest absolute Gasteiger partial charge is 0.139 e. The predicted octanol–water partition coefficient (Wildman–Crippen LogP) is 0.588. The molecule has 0 saturated carbocycles. The van der Waals surface area contributed by atoms with Crippen LogP contribution in [0, 0.1) is 0 Å². The fourth-order valence-electron chi connectivity index (χ4n) is 0.797. The lowest BCUT2D eigenvalue weighted by Gasteiger charge is -1.92. The van der Waals surface area contributed by atoms with Gasteiger partial charge in [0.1, 0.15) is 7.85 Å². The Morgan fingerprint density at radius 2 is 2.22 bits per heavy atom. The van der Waals surface area contributed by atoms with Crippen molar-refractivity contribution >= 4 is 19.4 Å². The number of rotatable bonds is 1. The van der Waals surface area contributed by atoms with Crippen LogP contribution in [0.25, 0.3) is 6.08 Å². The van der Waals surface area contributed by atoms with Crippen molar-refractivity contribution in [2.45, 2.75) is 0 Å². The molecule has 0 aromatic heterocycles. The summed E-state index contributed by atoms with van der Waals surface area (Å²) in [5.41, 5.74) is 2.47. The topological polar surface area (TPSA) is 0 Å². The minimum Gasteiger partial charge on any atom is -0.0985 e. The second kappa shape index (κ2) is 2.54. The Balaban J connectivity index is 3.07. The molecule has 0 radical (unpaired) electrons. The quantitative estimate of drug-likeness (QED) is 0.471. The summed E-state index contributed by atoms with van der Waals surface area (Å²) in [6.07, 6.45) is 1.85. The Morgan fingerprint density at radius 1 is 1.44 bits per heavy atom. The van der Waals surface area contributed by atoms with Gasteiger partial charge in [-0.25, -0.2) is 0 Å². The van der Waals surface area contributed by atoms with Crippen molar-refractivity contribution < 1.29 is 0 Å². The van der Waals surface area contributed by atoms with E-state index in [0.717, 1.165) is 0 Å². The van der Waals surface area contributed by atoms with Gasteiger partial charge < -0.3 is 0 Å². The maximum atomic E-state index is 3.67. The molecule has 0 aliphatic carbocycles. The third-order valence-electron chi connectivity index (χ3n) is 1.28. The van der Waals surface area contributed by atoms with Gasteiger partial charge in [0.15, 0.2) is 0 Å². The minimum absolute atomic E-state index is 1.19. The summed E-state index contributed by atoms with van der Waals surface area (Å²) in [5, 5.41) is 0. The van der Waals surface area contributed by atoms with E-state index in [2.05, 4.69) is 26.6 Å². The van der Waals surface area contributed by atoms with E-state index in [-0.39, 0.29) is 0 Å². The number of hydrogen-bond acceptors (Lipinski definition) is 0. The van der Waals surface area contributed by atoms with Crippen molar-refractivity contribution in [3.8, 4) is 0 Å². The summed E-state index contributed by atoms with van der Waals surface area (Å²) in [7, 11) is 2.08. The Hall–Kier alpha value is -0.975. The lowest BCUT2D eigenvalue weighted by molar-refractivity contribution is 1.71. The fraction of sp³-hybridized carbons (Fsp3) is 0. The molecule has 1 aromatic rings. The molecule has 0 atom stereocenters. The maximum absolute atomic E-state index is 3.67. The monoisotopic (exact) mass is 116 g/mol. The molecule has 0 N–H and O–H groups in total. The zero-order valence-corrected chi connectivity index (χ0v) is 5.59. The molecule has 0 spiro atoms. The highest BCUT2D eigenvalue weighted by Gasteiger charge is 1.83. The van der Waals surface area contributed by atoms with Gasteiger partial charge in [0.05, 0.1) is 0 Å². The summed E-state index contributed by atoms with van der Waals surface area (Å²) in [6, 6.07) is 8.26. The van der Waals surface area contributed by atoms with Gasteiger partial charge in [-0.2, -0.15) is 0 Å². The van der Waals surface area contributed by atoms with Crippen LogP contribution in [0.1, 0.15) is 5.56 Å². The Bertz CT molecular complexity index is 216. The molecule has 0 heterocycles. The molecule has 0 amide bonds. The van der Waals surface area contributed by atoms with Gasteiger partial charge in [-0.1, -0.05) is 42.4 Å². The molecule has 0 unspecified atom stereocenters. The highest BCUT2D eigenvalue weighted by Crippen LogP contribution is 1.95.